The fraction of sp³-hybridized carbons (Fsp3) is 0.714. The first kappa shape index (κ1) is 101. The van der Waals surface area contributed by atoms with Crippen LogP contribution in [0.5, 0.6) is 46.0 Å². The Bertz CT molecular complexity index is 2330. The van der Waals surface area contributed by atoms with Gasteiger partial charge in [-0.3, -0.25) is 0 Å². The summed E-state index contributed by atoms with van der Waals surface area (Å²) in [4.78, 5) is 18.2. The Morgan fingerprint density at radius 1 is 0.219 bits per heavy atom. The third-order valence-corrected chi connectivity index (χ3v) is 17.1. The van der Waals surface area contributed by atoms with E-state index in [0.717, 1.165) is 176 Å². The molecule has 105 heavy (non-hydrogen) atoms. The van der Waals surface area contributed by atoms with E-state index in [4.69, 9.17) is 56.8 Å². The van der Waals surface area contributed by atoms with E-state index >= 15 is 0 Å². The first-order valence-electron chi connectivity index (χ1n) is 39.6. The summed E-state index contributed by atoms with van der Waals surface area (Å²) in [6.07, 6.45) is 24.4. The number of benzene rings is 4. The van der Waals surface area contributed by atoms with Gasteiger partial charge in [-0.1, -0.05) is 184 Å². The van der Waals surface area contributed by atoms with Crippen LogP contribution in [-0.2, 0) is 87.1 Å². The van der Waals surface area contributed by atoms with E-state index in [1.165, 1.54) is 0 Å². The Kier molecular flexibility index (Phi) is 60.8. The molecule has 0 saturated heterocycles. The molecule has 0 saturated carbocycles. The standard InChI is InChI=1S/4C21H36O5.Zr/c4*1-5-8-13-23-17-21(4,26-22)18-11-12-19(24-14-9-6-2)20(16-18)25-15-10-7-3;/h4*11-12,16,22H,5-10,13-15,17H2,1-4H3;/q;;;;+4/p-4. The molecule has 4 atom stereocenters. The van der Waals surface area contributed by atoms with Crippen molar-refractivity contribution in [3.8, 4) is 46.0 Å². The largest absolute Gasteiger partial charge is 4.00 e. The number of hydrogen-bond donors (Lipinski definition) is 0. The molecular weight excluding hydrogens is 1420 g/mol. The van der Waals surface area contributed by atoms with Gasteiger partial charge in [0.05, 0.1) is 79.3 Å². The number of hydrogen-bond acceptors (Lipinski definition) is 20. The molecule has 0 radical (unpaired) electrons. The van der Waals surface area contributed by atoms with E-state index in [1.807, 2.05) is 72.8 Å². The summed E-state index contributed by atoms with van der Waals surface area (Å²) < 4.78 is 69.6. The molecule has 0 fully saturated rings. The van der Waals surface area contributed by atoms with Gasteiger partial charge in [-0.25, -0.2) is 0 Å². The van der Waals surface area contributed by atoms with Crippen LogP contribution in [-0.4, -0.2) is 106 Å². The van der Waals surface area contributed by atoms with Crippen molar-refractivity contribution < 1.29 is 124 Å². The van der Waals surface area contributed by atoms with E-state index in [9.17, 15) is 21.0 Å². The average Bonchev–Trinajstić information content (AvgIpc) is 0.836. The second kappa shape index (κ2) is 63.5. The molecule has 0 amide bonds. The summed E-state index contributed by atoms with van der Waals surface area (Å²) in [5.41, 5.74) is -1.29. The first-order valence-corrected chi connectivity index (χ1v) is 39.6. The molecule has 0 aromatic heterocycles. The zero-order chi connectivity index (χ0) is 77.0. The summed E-state index contributed by atoms with van der Waals surface area (Å²) in [6, 6.07) is 22.2. The summed E-state index contributed by atoms with van der Waals surface area (Å²) in [5.74, 6) is 5.45. The minimum atomic E-state index is -1.06. The van der Waals surface area contributed by atoms with Gasteiger partial charge < -0.3 is 97.4 Å². The van der Waals surface area contributed by atoms with Crippen molar-refractivity contribution in [2.75, 3.05) is 106 Å². The molecule has 0 aliphatic rings. The van der Waals surface area contributed by atoms with Crippen LogP contribution in [0.2, 0.25) is 0 Å². The van der Waals surface area contributed by atoms with Gasteiger partial charge in [0.25, 0.3) is 0 Å². The normalized spacial score (nSPS) is 13.3. The van der Waals surface area contributed by atoms with Crippen LogP contribution >= 0.6 is 0 Å². The van der Waals surface area contributed by atoms with Gasteiger partial charge in [-0.2, -0.15) is 0 Å². The zero-order valence-electron chi connectivity index (χ0n) is 67.9. The predicted molar refractivity (Wildman–Crippen MR) is 406 cm³/mol. The van der Waals surface area contributed by atoms with Crippen molar-refractivity contribution in [2.45, 2.75) is 287 Å². The predicted octanol–water partition coefficient (Wildman–Crippen LogP) is 17.5. The maximum absolute atomic E-state index is 11.4. The minimum absolute atomic E-state index is 0. The van der Waals surface area contributed by atoms with Gasteiger partial charge >= 0.3 is 26.2 Å². The van der Waals surface area contributed by atoms with Gasteiger partial charge in [0.15, 0.2) is 46.0 Å². The molecule has 0 aliphatic heterocycles. The maximum atomic E-state index is 11.4. The van der Waals surface area contributed by atoms with E-state index in [0.29, 0.717) is 125 Å². The summed E-state index contributed by atoms with van der Waals surface area (Å²) >= 11 is 0. The molecular formula is C84H140O20Zr. The third kappa shape index (κ3) is 41.3. The summed E-state index contributed by atoms with van der Waals surface area (Å²) in [6.45, 7) is 40.7. The monoisotopic (exact) mass is 1560 g/mol. The second-order valence-corrected chi connectivity index (χ2v) is 27.1. The number of ether oxygens (including phenoxy) is 12. The first-order chi connectivity index (χ1) is 50.4. The molecule has 4 aromatic carbocycles. The number of unbranched alkanes of at least 4 members (excludes halogenated alkanes) is 12. The van der Waals surface area contributed by atoms with E-state index in [-0.39, 0.29) is 52.6 Å². The van der Waals surface area contributed by atoms with Crippen molar-refractivity contribution in [2.24, 2.45) is 0 Å². The fourth-order valence-electron chi connectivity index (χ4n) is 9.56. The molecule has 21 heteroatoms. The van der Waals surface area contributed by atoms with Crippen LogP contribution in [0.15, 0.2) is 72.8 Å². The van der Waals surface area contributed by atoms with Crippen LogP contribution in [0.4, 0.5) is 0 Å². The van der Waals surface area contributed by atoms with Crippen LogP contribution in [0.3, 0.4) is 0 Å². The summed E-state index contributed by atoms with van der Waals surface area (Å²) in [5, 5.41) is 45.7. The Morgan fingerprint density at radius 3 is 0.505 bits per heavy atom. The van der Waals surface area contributed by atoms with E-state index in [1.54, 1.807) is 27.7 Å². The van der Waals surface area contributed by atoms with Crippen molar-refractivity contribution >= 4 is 0 Å². The molecule has 0 heterocycles. The number of rotatable bonds is 60. The molecule has 0 bridgehead atoms. The van der Waals surface area contributed by atoms with Crippen molar-refractivity contribution in [1.82, 2.24) is 0 Å². The quantitative estimate of drug-likeness (QED) is 0.0227. The molecule has 0 spiro atoms. The Morgan fingerprint density at radius 2 is 0.362 bits per heavy atom. The van der Waals surface area contributed by atoms with Crippen LogP contribution in [0.1, 0.15) is 287 Å². The molecule has 20 nitrogen and oxygen atoms in total. The average molecular weight is 1560 g/mol. The fourth-order valence-corrected chi connectivity index (χ4v) is 9.56. The Balaban J connectivity index is 0.00000137. The van der Waals surface area contributed by atoms with Gasteiger partial charge in [0.1, 0.15) is 22.4 Å². The SMILES string of the molecule is CCCCOCC(C)(O[O-])c1ccc(OCCCC)c(OCCCC)c1.CCCCOCC(C)(O[O-])c1ccc(OCCCC)c(OCCCC)c1.CCCCOCC(C)(O[O-])c1ccc(OCCCC)c(OCCCC)c1.CCCCOCC(C)(O[O-])c1ccc(OCCCC)c(OCCCC)c1.[Zr+4]. The third-order valence-electron chi connectivity index (χ3n) is 17.1. The van der Waals surface area contributed by atoms with E-state index in [2.05, 4.69) is 103 Å². The van der Waals surface area contributed by atoms with Crippen molar-refractivity contribution in [3.63, 3.8) is 0 Å². The summed E-state index contributed by atoms with van der Waals surface area (Å²) in [7, 11) is 0. The molecule has 4 aromatic rings. The maximum Gasteiger partial charge on any atom is 4.00 e. The topological polar surface area (TPSA) is 240 Å². The van der Waals surface area contributed by atoms with Crippen LogP contribution in [0.25, 0.3) is 0 Å². The minimum Gasteiger partial charge on any atom is -0.723 e. The molecule has 0 N–H and O–H groups in total. The van der Waals surface area contributed by atoms with E-state index < -0.39 is 22.4 Å². The Hall–Kier alpha value is -4.32. The molecule has 4 unspecified atom stereocenters. The second-order valence-electron chi connectivity index (χ2n) is 27.1. The molecule has 600 valence electrons. The van der Waals surface area contributed by atoms with Crippen LogP contribution < -0.4 is 58.9 Å². The van der Waals surface area contributed by atoms with Crippen molar-refractivity contribution in [3.05, 3.63) is 95.1 Å². The van der Waals surface area contributed by atoms with Gasteiger partial charge in [0, 0.05) is 26.4 Å². The molecule has 0 aliphatic carbocycles. The van der Waals surface area contributed by atoms with Crippen molar-refractivity contribution in [1.29, 1.82) is 0 Å². The van der Waals surface area contributed by atoms with Gasteiger partial charge in [0.2, 0.25) is 0 Å². The van der Waals surface area contributed by atoms with Gasteiger partial charge in [-0.05, 0) is 176 Å². The smallest absolute Gasteiger partial charge is 0.723 e. The van der Waals surface area contributed by atoms with Crippen LogP contribution in [0, 0.1) is 0 Å². The molecule has 4 rings (SSSR count). The van der Waals surface area contributed by atoms with Gasteiger partial charge in [-0.15, -0.1) is 0 Å². The zero-order valence-corrected chi connectivity index (χ0v) is 70.3. The Labute approximate surface area is 653 Å².